The predicted octanol–water partition coefficient (Wildman–Crippen LogP) is -1.45. The fraction of sp³-hybridized carbons (Fsp3) is 0.278. The number of quaternary nitrogens is 1. The van der Waals surface area contributed by atoms with Gasteiger partial charge in [-0.15, -0.1) is 0 Å². The Balaban J connectivity index is 0.00000192. The Bertz CT molecular complexity index is 599. The number of hydrogen-bond donors (Lipinski definition) is 2. The Kier molecular flexibility index (Phi) is 5.42. The van der Waals surface area contributed by atoms with E-state index in [0.717, 1.165) is 16.1 Å². The van der Waals surface area contributed by atoms with Crippen LogP contribution in [0, 0.1) is 5.92 Å². The van der Waals surface area contributed by atoms with Crippen LogP contribution in [0.5, 0.6) is 0 Å². The van der Waals surface area contributed by atoms with Crippen LogP contribution >= 0.6 is 0 Å². The lowest BCUT2D eigenvalue weighted by atomic mass is 9.85. The normalized spacial score (nSPS) is 27.4. The van der Waals surface area contributed by atoms with E-state index in [0.29, 0.717) is 0 Å². The Morgan fingerprint density at radius 1 is 1.00 bits per heavy atom. The molecule has 0 amide bonds. The summed E-state index contributed by atoms with van der Waals surface area (Å²) in [6.45, 7) is 0. The summed E-state index contributed by atoms with van der Waals surface area (Å²) in [6, 6.07) is 19.6. The van der Waals surface area contributed by atoms with Crippen molar-refractivity contribution in [2.24, 2.45) is 5.92 Å². The Hall–Kier alpha value is -1.88. The summed E-state index contributed by atoms with van der Waals surface area (Å²) in [6.07, 6.45) is 0. The van der Waals surface area contributed by atoms with Crippen LogP contribution in [0.15, 0.2) is 60.7 Å². The molecule has 0 aromatic heterocycles. The molecule has 2 aromatic rings. The molecule has 0 aliphatic carbocycles. The van der Waals surface area contributed by atoms with Crippen molar-refractivity contribution < 1.29 is 27.3 Å². The van der Waals surface area contributed by atoms with Gasteiger partial charge in [-0.05, 0) is 5.56 Å². The lowest BCUT2D eigenvalue weighted by molar-refractivity contribution is -1.01. The van der Waals surface area contributed by atoms with E-state index in [1.54, 1.807) is 0 Å². The van der Waals surface area contributed by atoms with Crippen LogP contribution in [0.25, 0.3) is 0 Å². The average Bonchev–Trinajstić information content (AvgIpc) is 2.81. The maximum atomic E-state index is 12.0. The number of nitrogens with one attached hydrogen (secondary N) is 1. The summed E-state index contributed by atoms with van der Waals surface area (Å²) in [5, 5.41) is 13.1. The molecule has 3 rings (SSSR count). The zero-order valence-corrected chi connectivity index (χ0v) is 13.9. The number of nitrogens with zero attached hydrogens (tertiary/aromatic N) is 1. The van der Waals surface area contributed by atoms with Gasteiger partial charge in [0.25, 0.3) is 0 Å². The highest BCUT2D eigenvalue weighted by Crippen LogP contribution is 2.38. The molecule has 0 radical (unpaired) electrons. The summed E-state index contributed by atoms with van der Waals surface area (Å²) >= 11 is 0. The minimum absolute atomic E-state index is 0. The van der Waals surface area contributed by atoms with Crippen LogP contribution in [-0.2, 0) is 4.79 Å². The summed E-state index contributed by atoms with van der Waals surface area (Å²) in [4.78, 5) is 12.0. The molecule has 2 N–H and O–H groups in total. The van der Waals surface area contributed by atoms with Crippen molar-refractivity contribution in [1.29, 1.82) is 0 Å². The minimum atomic E-state index is -0.744. The Morgan fingerprint density at radius 2 is 1.48 bits per heavy atom. The molecule has 4 nitrogen and oxygen atoms in total. The van der Waals surface area contributed by atoms with Gasteiger partial charge in [0.05, 0.1) is 7.05 Å². The number of benzene rings is 2. The maximum Gasteiger partial charge on any atom is 0.315 e. The van der Waals surface area contributed by atoms with E-state index in [1.165, 1.54) is 0 Å². The third-order valence-corrected chi connectivity index (χ3v) is 4.71. The second-order valence-corrected chi connectivity index (χ2v) is 5.86. The zero-order valence-electron chi connectivity index (χ0n) is 13.2. The van der Waals surface area contributed by atoms with Crippen LogP contribution in [0.4, 0.5) is 0 Å². The van der Waals surface area contributed by atoms with Gasteiger partial charge in [0, 0.05) is 12.6 Å². The van der Waals surface area contributed by atoms with Gasteiger partial charge in [-0.3, -0.25) is 4.79 Å². The van der Waals surface area contributed by atoms with Crippen LogP contribution in [-0.4, -0.2) is 30.2 Å². The van der Waals surface area contributed by atoms with Gasteiger partial charge in [0.15, 0.2) is 0 Å². The molecular formula is C18H21ClN2O2. The molecule has 1 heterocycles. The monoisotopic (exact) mass is 332 g/mol. The smallest absolute Gasteiger partial charge is 0.315 e. The number of aliphatic carboxylic acids is 1. The molecule has 122 valence electrons. The van der Waals surface area contributed by atoms with Gasteiger partial charge < -0.3 is 17.5 Å². The van der Waals surface area contributed by atoms with Crippen molar-refractivity contribution in [2.45, 2.75) is 12.1 Å². The fourth-order valence-corrected chi connectivity index (χ4v) is 3.59. The molecule has 0 saturated carbocycles. The largest absolute Gasteiger partial charge is 1.00 e. The van der Waals surface area contributed by atoms with E-state index < -0.39 is 11.9 Å². The first-order valence-electron chi connectivity index (χ1n) is 7.50. The highest BCUT2D eigenvalue weighted by Gasteiger charge is 2.53. The first kappa shape index (κ1) is 17.5. The zero-order chi connectivity index (χ0) is 15.7. The van der Waals surface area contributed by atoms with Crippen LogP contribution < -0.4 is 17.4 Å². The summed E-state index contributed by atoms with van der Waals surface area (Å²) in [5.74, 6) is -1.22. The number of carboxylic acid groups (broad SMARTS) is 1. The number of carbonyl (C=O) groups is 1. The van der Waals surface area contributed by atoms with Crippen LogP contribution in [0.2, 0.25) is 0 Å². The lowest BCUT2D eigenvalue weighted by Gasteiger charge is -2.23. The van der Waals surface area contributed by atoms with Crippen molar-refractivity contribution >= 4 is 5.97 Å². The molecule has 1 unspecified atom stereocenters. The average molecular weight is 333 g/mol. The highest BCUT2D eigenvalue weighted by atomic mass is 35.5. The SMILES string of the molecule is CN1[C@H](c2ccccc2)[C@H](C(=O)O)[C@@H](c2ccccc2)[NH+]1C.[Cl-]. The van der Waals surface area contributed by atoms with E-state index in [-0.39, 0.29) is 24.5 Å². The predicted molar refractivity (Wildman–Crippen MR) is 84.1 cm³/mol. The first-order valence-corrected chi connectivity index (χ1v) is 7.50. The van der Waals surface area contributed by atoms with Gasteiger partial charge in [-0.25, -0.2) is 5.01 Å². The lowest BCUT2D eigenvalue weighted by Crippen LogP contribution is -3.13. The molecule has 2 aromatic carbocycles. The van der Waals surface area contributed by atoms with Crippen molar-refractivity contribution in [3.8, 4) is 0 Å². The van der Waals surface area contributed by atoms with Gasteiger partial charge in [0.2, 0.25) is 0 Å². The molecule has 5 heteroatoms. The van der Waals surface area contributed by atoms with Crippen molar-refractivity contribution in [1.82, 2.24) is 5.01 Å². The quantitative estimate of drug-likeness (QED) is 0.723. The summed E-state index contributed by atoms with van der Waals surface area (Å²) in [5.41, 5.74) is 2.12. The number of rotatable bonds is 3. The van der Waals surface area contributed by atoms with E-state index in [2.05, 4.69) is 5.01 Å². The molecule has 23 heavy (non-hydrogen) atoms. The first-order chi connectivity index (χ1) is 10.6. The van der Waals surface area contributed by atoms with Crippen molar-refractivity contribution in [3.63, 3.8) is 0 Å². The third-order valence-electron chi connectivity index (χ3n) is 4.71. The number of hydrogen-bond acceptors (Lipinski definition) is 2. The van der Waals surface area contributed by atoms with E-state index in [9.17, 15) is 9.90 Å². The van der Waals surface area contributed by atoms with E-state index in [4.69, 9.17) is 0 Å². The second-order valence-electron chi connectivity index (χ2n) is 5.86. The molecular weight excluding hydrogens is 312 g/mol. The van der Waals surface area contributed by atoms with Gasteiger partial charge in [-0.2, -0.15) is 5.01 Å². The standard InChI is InChI=1S/C18H20N2O2.ClH/c1-19-16(13-9-5-3-6-10-13)15(18(21)22)17(20(19)2)14-11-7-4-8-12-14;/h3-12,15-17H,1-2H3,(H,21,22);1H/t16-,17-;/m1./s1. The van der Waals surface area contributed by atoms with Crippen molar-refractivity contribution in [3.05, 3.63) is 71.8 Å². The van der Waals surface area contributed by atoms with Crippen LogP contribution in [0.3, 0.4) is 0 Å². The molecule has 0 bridgehead atoms. The number of halogens is 1. The topological polar surface area (TPSA) is 45.0 Å². The fourth-order valence-electron chi connectivity index (χ4n) is 3.59. The number of carboxylic acids is 1. The molecule has 1 aliphatic rings. The Morgan fingerprint density at radius 3 is 1.96 bits per heavy atom. The second kappa shape index (κ2) is 7.13. The van der Waals surface area contributed by atoms with Crippen LogP contribution in [0.1, 0.15) is 23.2 Å². The van der Waals surface area contributed by atoms with E-state index >= 15 is 0 Å². The molecule has 1 saturated heterocycles. The molecule has 1 aliphatic heterocycles. The minimum Gasteiger partial charge on any atom is -1.00 e. The third kappa shape index (κ3) is 3.11. The summed E-state index contributed by atoms with van der Waals surface area (Å²) < 4.78 is 0. The summed E-state index contributed by atoms with van der Waals surface area (Å²) in [7, 11) is 4.03. The van der Waals surface area contributed by atoms with Gasteiger partial charge in [-0.1, -0.05) is 60.7 Å². The van der Waals surface area contributed by atoms with Crippen molar-refractivity contribution in [2.75, 3.05) is 14.1 Å². The highest BCUT2D eigenvalue weighted by molar-refractivity contribution is 5.72. The molecule has 1 fully saturated rings. The molecule has 4 atom stereocenters. The maximum absolute atomic E-state index is 12.0. The van der Waals surface area contributed by atoms with Gasteiger partial charge in [0.1, 0.15) is 18.0 Å². The van der Waals surface area contributed by atoms with E-state index in [1.807, 2.05) is 74.8 Å². The Labute approximate surface area is 142 Å². The van der Waals surface area contributed by atoms with Gasteiger partial charge >= 0.3 is 5.97 Å². The molecule has 0 spiro atoms.